The van der Waals surface area contributed by atoms with Gasteiger partial charge in [0.1, 0.15) is 0 Å². The molecule has 3 nitrogen and oxygen atoms in total. The zero-order valence-corrected chi connectivity index (χ0v) is 11.1. The van der Waals surface area contributed by atoms with Crippen molar-refractivity contribution in [1.82, 2.24) is 5.32 Å². The molecule has 2 rings (SSSR count). The van der Waals surface area contributed by atoms with Crippen molar-refractivity contribution >= 4 is 27.5 Å². The molecule has 2 N–H and O–H groups in total. The van der Waals surface area contributed by atoms with Crippen LogP contribution >= 0.6 is 15.9 Å². The van der Waals surface area contributed by atoms with E-state index in [9.17, 15) is 4.79 Å². The van der Waals surface area contributed by atoms with Gasteiger partial charge in [-0.1, -0.05) is 40.7 Å². The average Bonchev–Trinajstić information content (AvgIpc) is 2.45. The molecular weight excluding hydrogens is 280 g/mol. The summed E-state index contributed by atoms with van der Waals surface area (Å²) in [6, 6.07) is 7.78. The van der Waals surface area contributed by atoms with Gasteiger partial charge in [-0.3, -0.25) is 4.79 Å². The Balaban J connectivity index is 2.07. The van der Waals surface area contributed by atoms with Gasteiger partial charge in [-0.05, 0) is 24.5 Å². The van der Waals surface area contributed by atoms with Crippen molar-refractivity contribution < 1.29 is 4.79 Å². The van der Waals surface area contributed by atoms with Gasteiger partial charge in [0.05, 0.1) is 6.04 Å². The number of para-hydroxylation sites is 1. The summed E-state index contributed by atoms with van der Waals surface area (Å²) in [7, 11) is 0. The Morgan fingerprint density at radius 1 is 1.53 bits per heavy atom. The minimum absolute atomic E-state index is 0.0312. The zero-order chi connectivity index (χ0) is 12.3. The molecule has 0 radical (unpaired) electrons. The second-order valence-electron chi connectivity index (χ2n) is 4.14. The van der Waals surface area contributed by atoms with Crippen LogP contribution in [0.1, 0.15) is 12.0 Å². The molecule has 0 spiro atoms. The van der Waals surface area contributed by atoms with Crippen LogP contribution in [-0.4, -0.2) is 18.5 Å². The van der Waals surface area contributed by atoms with Gasteiger partial charge in [0.15, 0.2) is 0 Å². The maximum atomic E-state index is 12.0. The van der Waals surface area contributed by atoms with Crippen molar-refractivity contribution in [3.63, 3.8) is 0 Å². The zero-order valence-electron chi connectivity index (χ0n) is 9.50. The first-order valence-corrected chi connectivity index (χ1v) is 6.41. The van der Waals surface area contributed by atoms with Gasteiger partial charge in [0, 0.05) is 16.7 Å². The van der Waals surface area contributed by atoms with Gasteiger partial charge in [-0.2, -0.15) is 0 Å². The molecule has 90 valence electrons. The number of nitrogens with one attached hydrogen (secondary N) is 2. The van der Waals surface area contributed by atoms with E-state index >= 15 is 0 Å². The fourth-order valence-corrected chi connectivity index (χ4v) is 2.10. The quantitative estimate of drug-likeness (QED) is 0.899. The molecule has 1 unspecified atom stereocenters. The minimum atomic E-state index is -0.156. The van der Waals surface area contributed by atoms with Crippen molar-refractivity contribution in [3.05, 3.63) is 40.9 Å². The third-order valence-corrected chi connectivity index (χ3v) is 3.11. The Morgan fingerprint density at radius 3 is 3.06 bits per heavy atom. The predicted octanol–water partition coefficient (Wildman–Crippen LogP) is 2.44. The lowest BCUT2D eigenvalue weighted by molar-refractivity contribution is -0.118. The molecule has 1 aromatic carbocycles. The molecule has 0 saturated heterocycles. The highest BCUT2D eigenvalue weighted by Gasteiger charge is 2.22. The maximum Gasteiger partial charge on any atom is 0.241 e. The molecule has 1 atom stereocenters. The van der Waals surface area contributed by atoms with Crippen LogP contribution in [0, 0.1) is 0 Å². The third kappa shape index (κ3) is 3.17. The number of rotatable bonds is 3. The fraction of sp³-hybridized carbons (Fsp3) is 0.308. The fourth-order valence-electron chi connectivity index (χ4n) is 1.94. The number of anilines is 1. The second kappa shape index (κ2) is 5.47. The van der Waals surface area contributed by atoms with Gasteiger partial charge in [-0.15, -0.1) is 0 Å². The molecule has 1 heterocycles. The average molecular weight is 295 g/mol. The summed E-state index contributed by atoms with van der Waals surface area (Å²) in [5, 5.41) is 6.14. The lowest BCUT2D eigenvalue weighted by atomic mass is 10.1. The molecule has 1 amide bonds. The van der Waals surface area contributed by atoms with E-state index in [1.807, 2.05) is 18.2 Å². The number of fused-ring (bicyclic) bond motifs is 1. The molecular formula is C13H15BrN2O. The van der Waals surface area contributed by atoms with E-state index in [0.29, 0.717) is 6.54 Å². The summed E-state index contributed by atoms with van der Waals surface area (Å²) in [6.07, 6.45) is 1.71. The summed E-state index contributed by atoms with van der Waals surface area (Å²) in [5.74, 6) is 0.0312. The van der Waals surface area contributed by atoms with Crippen molar-refractivity contribution in [2.24, 2.45) is 0 Å². The standard InChI is InChI=1S/C13H15BrN2O/c1-9(14)8-15-12-7-6-10-4-2-3-5-11(10)16-13(12)17/h2-5,12,15H,1,6-8H2,(H,16,17). The SMILES string of the molecule is C=C(Br)CNC1CCc2ccccc2NC1=O. The van der Waals surface area contributed by atoms with Crippen LogP contribution in [0.25, 0.3) is 0 Å². The van der Waals surface area contributed by atoms with Crippen molar-refractivity contribution in [2.75, 3.05) is 11.9 Å². The van der Waals surface area contributed by atoms with Crippen LogP contribution in [-0.2, 0) is 11.2 Å². The topological polar surface area (TPSA) is 41.1 Å². The molecule has 0 fully saturated rings. The smallest absolute Gasteiger partial charge is 0.241 e. The Hall–Kier alpha value is -1.13. The number of halogens is 1. The van der Waals surface area contributed by atoms with Crippen LogP contribution in [0.4, 0.5) is 5.69 Å². The van der Waals surface area contributed by atoms with Gasteiger partial charge in [0.25, 0.3) is 0 Å². The van der Waals surface area contributed by atoms with Crippen LogP contribution < -0.4 is 10.6 Å². The molecule has 4 heteroatoms. The van der Waals surface area contributed by atoms with E-state index in [2.05, 4.69) is 39.2 Å². The van der Waals surface area contributed by atoms with E-state index < -0.39 is 0 Å². The highest BCUT2D eigenvalue weighted by Crippen LogP contribution is 2.21. The monoisotopic (exact) mass is 294 g/mol. The number of benzene rings is 1. The Labute approximate surface area is 109 Å². The predicted molar refractivity (Wildman–Crippen MR) is 73.3 cm³/mol. The molecule has 0 bridgehead atoms. The number of hydrogen-bond acceptors (Lipinski definition) is 2. The lowest BCUT2D eigenvalue weighted by Gasteiger charge is -2.14. The van der Waals surface area contributed by atoms with Crippen LogP contribution in [0.2, 0.25) is 0 Å². The molecule has 1 aliphatic rings. The van der Waals surface area contributed by atoms with E-state index in [1.165, 1.54) is 5.56 Å². The Morgan fingerprint density at radius 2 is 2.29 bits per heavy atom. The highest BCUT2D eigenvalue weighted by molar-refractivity contribution is 9.11. The highest BCUT2D eigenvalue weighted by atomic mass is 79.9. The Kier molecular flexibility index (Phi) is 3.97. The van der Waals surface area contributed by atoms with E-state index in [1.54, 1.807) is 0 Å². The van der Waals surface area contributed by atoms with Crippen LogP contribution in [0.3, 0.4) is 0 Å². The number of hydrogen-bond donors (Lipinski definition) is 2. The van der Waals surface area contributed by atoms with E-state index in [-0.39, 0.29) is 11.9 Å². The number of amides is 1. The van der Waals surface area contributed by atoms with Gasteiger partial charge in [0.2, 0.25) is 5.91 Å². The summed E-state index contributed by atoms with van der Waals surface area (Å²) < 4.78 is 0.854. The van der Waals surface area contributed by atoms with Crippen LogP contribution in [0.5, 0.6) is 0 Å². The first-order valence-electron chi connectivity index (χ1n) is 5.62. The number of carbonyl (C=O) groups is 1. The van der Waals surface area contributed by atoms with E-state index in [0.717, 1.165) is 23.0 Å². The van der Waals surface area contributed by atoms with Gasteiger partial charge < -0.3 is 10.6 Å². The third-order valence-electron chi connectivity index (χ3n) is 2.83. The normalized spacial score (nSPS) is 19.1. The number of carbonyl (C=O) groups excluding carboxylic acids is 1. The Bertz CT molecular complexity index is 445. The lowest BCUT2D eigenvalue weighted by Crippen LogP contribution is -2.40. The molecule has 0 aromatic heterocycles. The molecule has 0 aliphatic carbocycles. The number of aryl methyl sites for hydroxylation is 1. The molecule has 0 saturated carbocycles. The minimum Gasteiger partial charge on any atom is -0.324 e. The first kappa shape index (κ1) is 12.3. The van der Waals surface area contributed by atoms with Gasteiger partial charge >= 0.3 is 0 Å². The largest absolute Gasteiger partial charge is 0.324 e. The molecule has 1 aromatic rings. The van der Waals surface area contributed by atoms with Crippen molar-refractivity contribution in [3.8, 4) is 0 Å². The van der Waals surface area contributed by atoms with Crippen molar-refractivity contribution in [1.29, 1.82) is 0 Å². The molecule has 17 heavy (non-hydrogen) atoms. The maximum absolute atomic E-state index is 12.0. The van der Waals surface area contributed by atoms with Crippen molar-refractivity contribution in [2.45, 2.75) is 18.9 Å². The summed E-state index contributed by atoms with van der Waals surface area (Å²) >= 11 is 3.28. The molecule has 1 aliphatic heterocycles. The second-order valence-corrected chi connectivity index (χ2v) is 5.26. The summed E-state index contributed by atoms with van der Waals surface area (Å²) in [4.78, 5) is 12.0. The van der Waals surface area contributed by atoms with Gasteiger partial charge in [-0.25, -0.2) is 0 Å². The van der Waals surface area contributed by atoms with Crippen LogP contribution in [0.15, 0.2) is 35.3 Å². The van der Waals surface area contributed by atoms with E-state index in [4.69, 9.17) is 0 Å². The summed E-state index contributed by atoms with van der Waals surface area (Å²) in [5.41, 5.74) is 2.13. The summed E-state index contributed by atoms with van der Waals surface area (Å²) in [6.45, 7) is 4.36. The first-order chi connectivity index (χ1) is 8.16.